The van der Waals surface area contributed by atoms with E-state index in [1.54, 1.807) is 4.98 Å². The van der Waals surface area contributed by atoms with Gasteiger partial charge in [-0.25, -0.2) is 14.4 Å². The van der Waals surface area contributed by atoms with Gasteiger partial charge in [-0.2, -0.15) is 13.2 Å². The van der Waals surface area contributed by atoms with Gasteiger partial charge in [0.2, 0.25) is 0 Å². The van der Waals surface area contributed by atoms with Crippen molar-refractivity contribution < 1.29 is 33.0 Å². The molecule has 0 aliphatic rings. The number of nitrogens with one attached hydrogen (secondary N) is 1. The maximum Gasteiger partial charge on any atom is 0.432 e. The van der Waals surface area contributed by atoms with Gasteiger partial charge in [0.05, 0.1) is 21.7 Å². The van der Waals surface area contributed by atoms with Crippen molar-refractivity contribution in [2.75, 3.05) is 0 Å². The number of nitrogens with zero attached hydrogens (tertiary/aromatic N) is 1. The van der Waals surface area contributed by atoms with E-state index in [4.69, 9.17) is 11.6 Å². The molecule has 1 aromatic carbocycles. The lowest BCUT2D eigenvalue weighted by Crippen LogP contribution is -2.36. The van der Waals surface area contributed by atoms with E-state index in [-0.39, 0.29) is 22.1 Å². The van der Waals surface area contributed by atoms with Gasteiger partial charge in [-0.05, 0) is 24.5 Å². The molecule has 2 aromatic rings. The number of halogens is 4. The number of alkyl halides is 3. The number of benzene rings is 1. The van der Waals surface area contributed by atoms with Crippen LogP contribution in [0.3, 0.4) is 0 Å². The van der Waals surface area contributed by atoms with Crippen LogP contribution in [-0.2, 0) is 19.6 Å². The summed E-state index contributed by atoms with van der Waals surface area (Å²) in [5.74, 6) is -3.69. The van der Waals surface area contributed by atoms with Crippen molar-refractivity contribution in [2.24, 2.45) is 7.05 Å². The summed E-state index contributed by atoms with van der Waals surface area (Å²) >= 11 is 6.04. The Morgan fingerprint density at radius 1 is 1.10 bits per heavy atom. The SMILES string of the molecule is CCc1c(C)c(-c2c(C(F)(F)F)n(C)c(=O)[nH]c2=O)c(C(=O)O)c(C(=O)O)c1Cl. The monoisotopic (exact) mass is 434 g/mol. The number of hydrogen-bond donors (Lipinski definition) is 3. The van der Waals surface area contributed by atoms with E-state index in [9.17, 15) is 42.6 Å². The van der Waals surface area contributed by atoms with E-state index in [0.29, 0.717) is 0 Å². The summed E-state index contributed by atoms with van der Waals surface area (Å²) in [6.45, 7) is 2.75. The predicted molar refractivity (Wildman–Crippen MR) is 95.8 cm³/mol. The Morgan fingerprint density at radius 2 is 1.62 bits per heavy atom. The minimum atomic E-state index is -5.23. The van der Waals surface area contributed by atoms with E-state index in [1.165, 1.54) is 13.8 Å². The fourth-order valence-electron chi connectivity index (χ4n) is 3.22. The van der Waals surface area contributed by atoms with Crippen LogP contribution < -0.4 is 11.2 Å². The molecule has 0 radical (unpaired) electrons. The number of hydrogen-bond acceptors (Lipinski definition) is 4. The smallest absolute Gasteiger partial charge is 0.432 e. The topological polar surface area (TPSA) is 129 Å². The Balaban J connectivity index is 3.33. The number of rotatable bonds is 4. The average molecular weight is 435 g/mol. The normalized spacial score (nSPS) is 11.6. The largest absolute Gasteiger partial charge is 0.478 e. The predicted octanol–water partition coefficient (Wildman–Crippen LogP) is 2.68. The summed E-state index contributed by atoms with van der Waals surface area (Å²) < 4.78 is 41.3. The van der Waals surface area contributed by atoms with Crippen LogP contribution >= 0.6 is 11.6 Å². The molecule has 0 unspecified atom stereocenters. The molecular formula is C17H14ClF3N2O6. The second-order valence-electron chi connectivity index (χ2n) is 6.05. The maximum absolute atomic E-state index is 13.7. The summed E-state index contributed by atoms with van der Waals surface area (Å²) in [6, 6.07) is 0. The molecule has 1 heterocycles. The number of carboxylic acids is 2. The molecule has 0 aliphatic heterocycles. The zero-order valence-corrected chi connectivity index (χ0v) is 15.9. The standard InChI is InChI=1S/C17H14ClF3N2O6/c1-4-6-5(2)7(8(14(25)26)9(11(6)18)15(27)28)10-12(17(19,20)21)23(3)16(29)22-13(10)24/h4H2,1-3H3,(H,25,26)(H,27,28)(H,22,24,29). The van der Waals surface area contributed by atoms with E-state index < -0.39 is 62.3 Å². The molecule has 3 N–H and O–H groups in total. The summed E-state index contributed by atoms with van der Waals surface area (Å²) in [7, 11) is 0.745. The van der Waals surface area contributed by atoms with Crippen LogP contribution in [0.15, 0.2) is 9.59 Å². The van der Waals surface area contributed by atoms with Gasteiger partial charge in [-0.15, -0.1) is 0 Å². The van der Waals surface area contributed by atoms with Gasteiger partial charge < -0.3 is 10.2 Å². The lowest BCUT2D eigenvalue weighted by Gasteiger charge is -2.22. The second-order valence-corrected chi connectivity index (χ2v) is 6.42. The molecular weight excluding hydrogens is 421 g/mol. The molecule has 0 fully saturated rings. The van der Waals surface area contributed by atoms with Gasteiger partial charge in [0.25, 0.3) is 5.56 Å². The Hall–Kier alpha value is -3.08. The number of carboxylic acid groups (broad SMARTS) is 2. The third-order valence-electron chi connectivity index (χ3n) is 4.44. The zero-order valence-electron chi connectivity index (χ0n) is 15.2. The van der Waals surface area contributed by atoms with Gasteiger partial charge in [0.1, 0.15) is 5.69 Å². The van der Waals surface area contributed by atoms with E-state index in [0.717, 1.165) is 7.05 Å². The van der Waals surface area contributed by atoms with Crippen molar-refractivity contribution in [3.05, 3.63) is 53.8 Å². The number of aromatic carboxylic acids is 2. The minimum Gasteiger partial charge on any atom is -0.478 e. The van der Waals surface area contributed by atoms with Gasteiger partial charge in [-0.1, -0.05) is 18.5 Å². The van der Waals surface area contributed by atoms with Crippen LogP contribution in [0.5, 0.6) is 0 Å². The minimum absolute atomic E-state index is 0.0445. The molecule has 0 aliphatic carbocycles. The van der Waals surface area contributed by atoms with E-state index in [1.807, 2.05) is 0 Å². The van der Waals surface area contributed by atoms with Gasteiger partial charge in [0, 0.05) is 12.6 Å². The van der Waals surface area contributed by atoms with Crippen LogP contribution in [0.2, 0.25) is 5.02 Å². The molecule has 0 amide bonds. The number of carbonyl (C=O) groups is 2. The van der Waals surface area contributed by atoms with Crippen LogP contribution in [0, 0.1) is 6.92 Å². The molecule has 2 rings (SSSR count). The number of aromatic amines is 1. The third kappa shape index (κ3) is 3.53. The lowest BCUT2D eigenvalue weighted by atomic mass is 9.86. The molecule has 0 saturated carbocycles. The molecule has 29 heavy (non-hydrogen) atoms. The van der Waals surface area contributed by atoms with Crippen LogP contribution in [0.1, 0.15) is 44.5 Å². The molecule has 0 spiro atoms. The third-order valence-corrected chi connectivity index (χ3v) is 4.85. The highest BCUT2D eigenvalue weighted by Crippen LogP contribution is 2.41. The summed E-state index contributed by atoms with van der Waals surface area (Å²) in [5, 5.41) is 18.6. The van der Waals surface area contributed by atoms with Crippen LogP contribution in [0.4, 0.5) is 13.2 Å². The lowest BCUT2D eigenvalue weighted by molar-refractivity contribution is -0.143. The molecule has 1 aromatic heterocycles. The van der Waals surface area contributed by atoms with Crippen molar-refractivity contribution in [2.45, 2.75) is 26.4 Å². The maximum atomic E-state index is 13.7. The van der Waals surface area contributed by atoms with Gasteiger partial charge in [0.15, 0.2) is 0 Å². The van der Waals surface area contributed by atoms with E-state index in [2.05, 4.69) is 0 Å². The Morgan fingerprint density at radius 3 is 2.03 bits per heavy atom. The summed E-state index contributed by atoms with van der Waals surface area (Å²) in [4.78, 5) is 49.4. The highest BCUT2D eigenvalue weighted by atomic mass is 35.5. The number of aromatic nitrogens is 2. The first-order valence-electron chi connectivity index (χ1n) is 7.97. The average Bonchev–Trinajstić information content (AvgIpc) is 2.56. The van der Waals surface area contributed by atoms with E-state index >= 15 is 0 Å². The fourth-order valence-corrected chi connectivity index (χ4v) is 3.67. The molecule has 0 saturated heterocycles. The first kappa shape index (κ1) is 22.2. The molecule has 12 heteroatoms. The van der Waals surface area contributed by atoms with Crippen LogP contribution in [0.25, 0.3) is 11.1 Å². The molecule has 156 valence electrons. The Kier molecular flexibility index (Phi) is 5.66. The van der Waals surface area contributed by atoms with Crippen LogP contribution in [-0.4, -0.2) is 31.7 Å². The van der Waals surface area contributed by atoms with Crippen molar-refractivity contribution in [3.63, 3.8) is 0 Å². The zero-order chi connectivity index (χ0) is 22.4. The second kappa shape index (κ2) is 7.39. The number of H-pyrrole nitrogens is 1. The Bertz CT molecular complexity index is 1160. The highest BCUT2D eigenvalue weighted by Gasteiger charge is 2.41. The molecule has 0 bridgehead atoms. The van der Waals surface area contributed by atoms with Gasteiger partial charge >= 0.3 is 23.8 Å². The summed E-state index contributed by atoms with van der Waals surface area (Å²) in [6.07, 6.45) is -5.18. The van der Waals surface area contributed by atoms with Crippen molar-refractivity contribution in [3.8, 4) is 11.1 Å². The Labute approximate surface area is 165 Å². The molecule has 8 nitrogen and oxygen atoms in total. The quantitative estimate of drug-likeness (QED) is 0.678. The first-order valence-corrected chi connectivity index (χ1v) is 8.35. The fraction of sp³-hybridized carbons (Fsp3) is 0.294. The van der Waals surface area contributed by atoms with Crippen molar-refractivity contribution in [1.29, 1.82) is 0 Å². The summed E-state index contributed by atoms with van der Waals surface area (Å²) in [5.41, 5.74) is -8.61. The van der Waals surface area contributed by atoms with Crippen molar-refractivity contribution in [1.82, 2.24) is 9.55 Å². The molecule has 0 atom stereocenters. The van der Waals surface area contributed by atoms with Gasteiger partial charge in [-0.3, -0.25) is 14.3 Å². The van der Waals surface area contributed by atoms with Crippen molar-refractivity contribution >= 4 is 23.5 Å². The highest BCUT2D eigenvalue weighted by molar-refractivity contribution is 6.35. The first-order chi connectivity index (χ1) is 13.3.